The number of aliphatic hydroxyl groups is 1. The predicted molar refractivity (Wildman–Crippen MR) is 77.6 cm³/mol. The van der Waals surface area contributed by atoms with E-state index in [-0.39, 0.29) is 18.3 Å². The monoisotopic (exact) mass is 336 g/mol. The lowest BCUT2D eigenvalue weighted by Gasteiger charge is -2.16. The number of anilines is 1. The molecule has 0 aliphatic heterocycles. The molecule has 1 aromatic rings. The number of rotatable bonds is 7. The first-order valence-electron chi connectivity index (χ1n) is 6.61. The molecule has 0 radical (unpaired) electrons. The minimum atomic E-state index is -4.71. The van der Waals surface area contributed by atoms with Gasteiger partial charge in [-0.2, -0.15) is 8.78 Å². The Morgan fingerprint density at radius 2 is 2.05 bits per heavy atom. The average molecular weight is 336 g/mol. The molecule has 22 heavy (non-hydrogen) atoms. The van der Waals surface area contributed by atoms with Gasteiger partial charge in [-0.25, -0.2) is 13.2 Å². The lowest BCUT2D eigenvalue weighted by molar-refractivity contribution is 0.234. The van der Waals surface area contributed by atoms with Crippen molar-refractivity contribution in [2.75, 3.05) is 11.9 Å². The van der Waals surface area contributed by atoms with E-state index < -0.39 is 26.5 Å². The number of sulfone groups is 1. The number of aliphatic hydroxyl groups excluding tert-OH is 1. The Morgan fingerprint density at radius 3 is 2.59 bits per heavy atom. The lowest BCUT2D eigenvalue weighted by Crippen LogP contribution is -2.38. The summed E-state index contributed by atoms with van der Waals surface area (Å²) in [5, 5.41) is 13.8. The number of hydrogen-bond donors (Lipinski definition) is 3. The van der Waals surface area contributed by atoms with Crippen LogP contribution in [0.2, 0.25) is 0 Å². The van der Waals surface area contributed by atoms with Gasteiger partial charge < -0.3 is 15.7 Å². The number of halogens is 2. The molecule has 1 aromatic carbocycles. The lowest BCUT2D eigenvalue weighted by atomic mass is 10.2. The van der Waals surface area contributed by atoms with Crippen molar-refractivity contribution in [2.45, 2.75) is 36.5 Å². The Bertz CT molecular complexity index is 608. The molecule has 3 N–H and O–H groups in total. The third-order valence-electron chi connectivity index (χ3n) is 2.96. The first-order valence-corrected chi connectivity index (χ1v) is 8.16. The van der Waals surface area contributed by atoms with Crippen molar-refractivity contribution in [3.63, 3.8) is 0 Å². The molecule has 1 atom stereocenters. The minimum Gasteiger partial charge on any atom is -0.396 e. The van der Waals surface area contributed by atoms with Crippen molar-refractivity contribution in [1.29, 1.82) is 0 Å². The fourth-order valence-corrected chi connectivity index (χ4v) is 2.51. The molecular formula is C13H18F2N2O4S. The number of carbonyl (C=O) groups is 1. The number of amides is 2. The van der Waals surface area contributed by atoms with Crippen LogP contribution in [0.5, 0.6) is 0 Å². The van der Waals surface area contributed by atoms with Crippen molar-refractivity contribution < 1.29 is 27.1 Å². The summed E-state index contributed by atoms with van der Waals surface area (Å²) < 4.78 is 47.7. The minimum absolute atomic E-state index is 0.0816. The Labute approximate surface area is 127 Å². The third-order valence-corrected chi connectivity index (χ3v) is 4.34. The molecule has 0 saturated carbocycles. The number of carbonyl (C=O) groups excluding carboxylic acids is 1. The second kappa shape index (κ2) is 8.04. The molecule has 0 heterocycles. The van der Waals surface area contributed by atoms with E-state index >= 15 is 0 Å². The molecule has 0 spiro atoms. The van der Waals surface area contributed by atoms with Gasteiger partial charge in [0.2, 0.25) is 9.84 Å². The molecule has 1 rings (SSSR count). The van der Waals surface area contributed by atoms with E-state index in [1.54, 1.807) is 0 Å². The second-order valence-corrected chi connectivity index (χ2v) is 6.47. The van der Waals surface area contributed by atoms with Gasteiger partial charge in [-0.15, -0.1) is 0 Å². The van der Waals surface area contributed by atoms with Crippen LogP contribution in [-0.2, 0) is 9.84 Å². The van der Waals surface area contributed by atoms with Crippen molar-refractivity contribution in [2.24, 2.45) is 0 Å². The van der Waals surface area contributed by atoms with Crippen LogP contribution in [0.25, 0.3) is 0 Å². The Balaban J connectivity index is 2.81. The summed E-state index contributed by atoms with van der Waals surface area (Å²) >= 11 is 0. The first-order chi connectivity index (χ1) is 10.3. The SMILES string of the molecule is CCC(CCO)NC(=O)Nc1cccc(S(=O)(=O)C(F)F)c1. The summed E-state index contributed by atoms with van der Waals surface area (Å²) in [4.78, 5) is 11.2. The smallest absolute Gasteiger partial charge is 0.341 e. The van der Waals surface area contributed by atoms with Crippen LogP contribution in [0.1, 0.15) is 19.8 Å². The van der Waals surface area contributed by atoms with Crippen molar-refractivity contribution in [1.82, 2.24) is 5.32 Å². The van der Waals surface area contributed by atoms with Crippen LogP contribution >= 0.6 is 0 Å². The average Bonchev–Trinajstić information content (AvgIpc) is 2.46. The Kier molecular flexibility index (Phi) is 6.69. The molecule has 0 fully saturated rings. The maximum absolute atomic E-state index is 12.5. The van der Waals surface area contributed by atoms with Gasteiger partial charge in [-0.05, 0) is 31.0 Å². The Hall–Kier alpha value is -1.74. The maximum Gasteiger partial charge on any atom is 0.341 e. The van der Waals surface area contributed by atoms with Crippen LogP contribution in [0.3, 0.4) is 0 Å². The van der Waals surface area contributed by atoms with E-state index in [2.05, 4.69) is 10.6 Å². The highest BCUT2D eigenvalue weighted by molar-refractivity contribution is 7.91. The van der Waals surface area contributed by atoms with Gasteiger partial charge in [-0.1, -0.05) is 13.0 Å². The van der Waals surface area contributed by atoms with E-state index in [0.717, 1.165) is 12.1 Å². The maximum atomic E-state index is 12.5. The molecule has 9 heteroatoms. The van der Waals surface area contributed by atoms with Crippen LogP contribution < -0.4 is 10.6 Å². The third kappa shape index (κ3) is 4.92. The van der Waals surface area contributed by atoms with Crippen LogP contribution in [0.4, 0.5) is 19.3 Å². The second-order valence-electron chi connectivity index (χ2n) is 4.55. The first kappa shape index (κ1) is 18.3. The van der Waals surface area contributed by atoms with Crippen molar-refractivity contribution in [3.8, 4) is 0 Å². The molecule has 0 aliphatic rings. The van der Waals surface area contributed by atoms with Gasteiger partial charge in [0.1, 0.15) is 0 Å². The predicted octanol–water partition coefficient (Wildman–Crippen LogP) is 1.97. The van der Waals surface area contributed by atoms with Crippen LogP contribution in [0.15, 0.2) is 29.2 Å². The summed E-state index contributed by atoms with van der Waals surface area (Å²) in [5.74, 6) is -3.52. The van der Waals surface area contributed by atoms with E-state index in [4.69, 9.17) is 5.11 Å². The topological polar surface area (TPSA) is 95.5 Å². The van der Waals surface area contributed by atoms with E-state index in [1.807, 2.05) is 6.92 Å². The molecular weight excluding hydrogens is 318 g/mol. The van der Waals surface area contributed by atoms with E-state index in [1.165, 1.54) is 12.1 Å². The number of nitrogens with one attached hydrogen (secondary N) is 2. The van der Waals surface area contributed by atoms with Gasteiger partial charge in [-0.3, -0.25) is 0 Å². The normalized spacial score (nSPS) is 13.0. The molecule has 2 amide bonds. The zero-order valence-corrected chi connectivity index (χ0v) is 12.7. The fourth-order valence-electron chi connectivity index (χ4n) is 1.74. The standard InChI is InChI=1S/C13H18F2N2O4S/c1-2-9(6-7-18)16-13(19)17-10-4-3-5-11(8-10)22(20,21)12(14)15/h3-5,8-9,12,18H,2,6-7H2,1H3,(H2,16,17,19). The van der Waals surface area contributed by atoms with Crippen LogP contribution in [-0.4, -0.2) is 38.0 Å². The van der Waals surface area contributed by atoms with Gasteiger partial charge in [0, 0.05) is 18.3 Å². The number of urea groups is 1. The molecule has 0 aliphatic carbocycles. The molecule has 1 unspecified atom stereocenters. The van der Waals surface area contributed by atoms with Gasteiger partial charge >= 0.3 is 11.8 Å². The van der Waals surface area contributed by atoms with Crippen molar-refractivity contribution >= 4 is 21.6 Å². The van der Waals surface area contributed by atoms with Gasteiger partial charge in [0.05, 0.1) is 4.90 Å². The molecule has 0 bridgehead atoms. The summed E-state index contributed by atoms with van der Waals surface area (Å²) in [6.07, 6.45) is 0.984. The number of alkyl halides is 2. The van der Waals surface area contributed by atoms with Gasteiger partial charge in [0.25, 0.3) is 0 Å². The van der Waals surface area contributed by atoms with Crippen LogP contribution in [0, 0.1) is 0 Å². The highest BCUT2D eigenvalue weighted by Gasteiger charge is 2.26. The molecule has 0 saturated heterocycles. The van der Waals surface area contributed by atoms with Crippen molar-refractivity contribution in [3.05, 3.63) is 24.3 Å². The number of benzene rings is 1. The van der Waals surface area contributed by atoms with Gasteiger partial charge in [0.15, 0.2) is 0 Å². The zero-order chi connectivity index (χ0) is 16.8. The highest BCUT2D eigenvalue weighted by atomic mass is 32.2. The fraction of sp³-hybridized carbons (Fsp3) is 0.462. The summed E-state index contributed by atoms with van der Waals surface area (Å²) in [7, 11) is -4.71. The highest BCUT2D eigenvalue weighted by Crippen LogP contribution is 2.21. The summed E-state index contributed by atoms with van der Waals surface area (Å²) in [5.41, 5.74) is 0.0816. The largest absolute Gasteiger partial charge is 0.396 e. The summed E-state index contributed by atoms with van der Waals surface area (Å²) in [6, 6.07) is 3.80. The Morgan fingerprint density at radius 1 is 1.36 bits per heavy atom. The van der Waals surface area contributed by atoms with E-state index in [9.17, 15) is 22.0 Å². The quantitative estimate of drug-likeness (QED) is 0.709. The molecule has 0 aromatic heterocycles. The molecule has 6 nitrogen and oxygen atoms in total. The zero-order valence-electron chi connectivity index (χ0n) is 11.9. The molecule has 124 valence electrons. The summed E-state index contributed by atoms with van der Waals surface area (Å²) in [6.45, 7) is 1.75. The number of hydrogen-bond acceptors (Lipinski definition) is 4. The van der Waals surface area contributed by atoms with E-state index in [0.29, 0.717) is 12.8 Å².